The molecule has 0 atom stereocenters. The summed E-state index contributed by atoms with van der Waals surface area (Å²) < 4.78 is 12.7. The van der Waals surface area contributed by atoms with E-state index in [0.29, 0.717) is 0 Å². The Balaban J connectivity index is 1.97. The first-order chi connectivity index (χ1) is 9.13. The van der Waals surface area contributed by atoms with E-state index < -0.39 is 0 Å². The molecule has 2 nitrogen and oxygen atoms in total. The molecule has 0 saturated heterocycles. The summed E-state index contributed by atoms with van der Waals surface area (Å²) in [6, 6.07) is 13.5. The van der Waals surface area contributed by atoms with Gasteiger partial charge in [-0.05, 0) is 42.8 Å². The van der Waals surface area contributed by atoms with Crippen molar-refractivity contribution in [3.63, 3.8) is 0 Å². The van der Waals surface area contributed by atoms with E-state index in [4.69, 9.17) is 0 Å². The van der Waals surface area contributed by atoms with Crippen molar-refractivity contribution in [2.24, 2.45) is 0 Å². The Morgan fingerprint density at radius 2 is 1.68 bits per heavy atom. The van der Waals surface area contributed by atoms with Gasteiger partial charge < -0.3 is 5.32 Å². The van der Waals surface area contributed by atoms with Crippen LogP contribution in [0.2, 0.25) is 0 Å². The minimum absolute atomic E-state index is 0.215. The third kappa shape index (κ3) is 4.07. The van der Waals surface area contributed by atoms with Crippen molar-refractivity contribution in [3.05, 3.63) is 71.6 Å². The maximum Gasteiger partial charge on any atom is 0.248 e. The smallest absolute Gasteiger partial charge is 0.248 e. The van der Waals surface area contributed by atoms with E-state index >= 15 is 0 Å². The Labute approximate surface area is 111 Å². The molecule has 96 valence electrons. The molecule has 0 aromatic heterocycles. The molecule has 0 bridgehead atoms. The zero-order valence-electron chi connectivity index (χ0n) is 10.6. The fourth-order valence-corrected chi connectivity index (χ4v) is 1.57. The Bertz CT molecular complexity index is 585. The maximum absolute atomic E-state index is 12.7. The normalized spacial score (nSPS) is 10.6. The van der Waals surface area contributed by atoms with Crippen LogP contribution >= 0.6 is 0 Å². The fourth-order valence-electron chi connectivity index (χ4n) is 1.57. The lowest BCUT2D eigenvalue weighted by Crippen LogP contribution is -2.07. The molecule has 0 aliphatic heterocycles. The van der Waals surface area contributed by atoms with Crippen LogP contribution in [0.25, 0.3) is 6.08 Å². The zero-order chi connectivity index (χ0) is 13.7. The van der Waals surface area contributed by atoms with Crippen LogP contribution in [0.1, 0.15) is 11.1 Å². The maximum atomic E-state index is 12.7. The van der Waals surface area contributed by atoms with Crippen molar-refractivity contribution >= 4 is 17.7 Å². The molecule has 0 aliphatic carbocycles. The summed E-state index contributed by atoms with van der Waals surface area (Å²) in [7, 11) is 0. The van der Waals surface area contributed by atoms with Gasteiger partial charge in [0.25, 0.3) is 0 Å². The number of hydrogen-bond donors (Lipinski definition) is 1. The lowest BCUT2D eigenvalue weighted by Gasteiger charge is -2.02. The van der Waals surface area contributed by atoms with Gasteiger partial charge >= 0.3 is 0 Å². The summed E-state index contributed by atoms with van der Waals surface area (Å²) in [6.07, 6.45) is 3.07. The van der Waals surface area contributed by atoms with Gasteiger partial charge in [-0.2, -0.15) is 0 Å². The number of carbonyl (C=O) groups is 1. The molecule has 0 aliphatic rings. The molecular weight excluding hydrogens is 241 g/mol. The van der Waals surface area contributed by atoms with Gasteiger partial charge in [-0.3, -0.25) is 4.79 Å². The third-order valence-corrected chi connectivity index (χ3v) is 2.62. The van der Waals surface area contributed by atoms with Crippen LogP contribution in [0.3, 0.4) is 0 Å². The predicted molar refractivity (Wildman–Crippen MR) is 75.2 cm³/mol. The van der Waals surface area contributed by atoms with Crippen molar-refractivity contribution in [1.82, 2.24) is 0 Å². The monoisotopic (exact) mass is 255 g/mol. The summed E-state index contributed by atoms with van der Waals surface area (Å²) in [5.74, 6) is -0.505. The molecule has 2 aromatic rings. The summed E-state index contributed by atoms with van der Waals surface area (Å²) in [4.78, 5) is 11.7. The van der Waals surface area contributed by atoms with Gasteiger partial charge in [0, 0.05) is 11.8 Å². The van der Waals surface area contributed by atoms with Crippen LogP contribution < -0.4 is 5.32 Å². The summed E-state index contributed by atoms with van der Waals surface area (Å²) in [5, 5.41) is 2.75. The summed E-state index contributed by atoms with van der Waals surface area (Å²) in [6.45, 7) is 1.99. The lowest BCUT2D eigenvalue weighted by atomic mass is 10.2. The SMILES string of the molecule is Cc1ccc(NC(=O)C=Cc2ccc(F)cc2)cc1. The average molecular weight is 255 g/mol. The number of aryl methyl sites for hydroxylation is 1. The zero-order valence-corrected chi connectivity index (χ0v) is 10.6. The van der Waals surface area contributed by atoms with E-state index in [1.165, 1.54) is 18.2 Å². The van der Waals surface area contributed by atoms with Crippen molar-refractivity contribution in [2.75, 3.05) is 5.32 Å². The summed E-state index contributed by atoms with van der Waals surface area (Å²) in [5.41, 5.74) is 2.67. The molecule has 3 heteroatoms. The molecule has 1 N–H and O–H groups in total. The number of amides is 1. The molecule has 0 saturated carbocycles. The molecule has 0 spiro atoms. The Morgan fingerprint density at radius 1 is 1.05 bits per heavy atom. The highest BCUT2D eigenvalue weighted by Gasteiger charge is 1.97. The van der Waals surface area contributed by atoms with Gasteiger partial charge in [-0.25, -0.2) is 4.39 Å². The highest BCUT2D eigenvalue weighted by Crippen LogP contribution is 2.09. The van der Waals surface area contributed by atoms with E-state index in [-0.39, 0.29) is 11.7 Å². The van der Waals surface area contributed by atoms with Gasteiger partial charge in [0.1, 0.15) is 5.82 Å². The van der Waals surface area contributed by atoms with Gasteiger partial charge in [-0.15, -0.1) is 0 Å². The molecular formula is C16H14FNO. The molecule has 2 rings (SSSR count). The first-order valence-corrected chi connectivity index (χ1v) is 5.95. The van der Waals surface area contributed by atoms with Crippen LogP contribution in [0.4, 0.5) is 10.1 Å². The van der Waals surface area contributed by atoms with Gasteiger partial charge in [0.2, 0.25) is 5.91 Å². The number of benzene rings is 2. The Hall–Kier alpha value is -2.42. The molecule has 0 heterocycles. The van der Waals surface area contributed by atoms with Crippen LogP contribution in [-0.2, 0) is 4.79 Å². The average Bonchev–Trinajstić information content (AvgIpc) is 2.41. The lowest BCUT2D eigenvalue weighted by molar-refractivity contribution is -0.111. The van der Waals surface area contributed by atoms with E-state index in [0.717, 1.165) is 16.8 Å². The predicted octanol–water partition coefficient (Wildman–Crippen LogP) is 3.79. The number of anilines is 1. The van der Waals surface area contributed by atoms with Crippen LogP contribution in [-0.4, -0.2) is 5.91 Å². The largest absolute Gasteiger partial charge is 0.323 e. The minimum atomic E-state index is -0.291. The molecule has 0 radical (unpaired) electrons. The van der Waals surface area contributed by atoms with E-state index in [1.807, 2.05) is 31.2 Å². The van der Waals surface area contributed by atoms with Crippen LogP contribution in [0, 0.1) is 12.7 Å². The standard InChI is InChI=1S/C16H14FNO/c1-12-2-9-15(10-3-12)18-16(19)11-6-13-4-7-14(17)8-5-13/h2-11H,1H3,(H,18,19). The second-order valence-corrected chi connectivity index (χ2v) is 4.24. The number of carbonyl (C=O) groups excluding carboxylic acids is 1. The van der Waals surface area contributed by atoms with Crippen molar-refractivity contribution in [1.29, 1.82) is 0 Å². The number of rotatable bonds is 3. The molecule has 1 amide bonds. The Morgan fingerprint density at radius 3 is 2.32 bits per heavy atom. The van der Waals surface area contributed by atoms with Crippen molar-refractivity contribution < 1.29 is 9.18 Å². The van der Waals surface area contributed by atoms with E-state index in [1.54, 1.807) is 18.2 Å². The van der Waals surface area contributed by atoms with Gasteiger partial charge in [0.15, 0.2) is 0 Å². The van der Waals surface area contributed by atoms with E-state index in [2.05, 4.69) is 5.32 Å². The second-order valence-electron chi connectivity index (χ2n) is 4.24. The molecule has 0 fully saturated rings. The van der Waals surface area contributed by atoms with Gasteiger partial charge in [-0.1, -0.05) is 29.8 Å². The van der Waals surface area contributed by atoms with Crippen LogP contribution in [0.5, 0.6) is 0 Å². The second kappa shape index (κ2) is 5.96. The minimum Gasteiger partial charge on any atom is -0.323 e. The number of hydrogen-bond acceptors (Lipinski definition) is 1. The van der Waals surface area contributed by atoms with E-state index in [9.17, 15) is 9.18 Å². The van der Waals surface area contributed by atoms with Crippen molar-refractivity contribution in [3.8, 4) is 0 Å². The number of nitrogens with one attached hydrogen (secondary N) is 1. The Kier molecular flexibility index (Phi) is 4.08. The van der Waals surface area contributed by atoms with Crippen LogP contribution in [0.15, 0.2) is 54.6 Å². The highest BCUT2D eigenvalue weighted by atomic mass is 19.1. The van der Waals surface area contributed by atoms with Crippen molar-refractivity contribution in [2.45, 2.75) is 6.92 Å². The molecule has 19 heavy (non-hydrogen) atoms. The topological polar surface area (TPSA) is 29.1 Å². The van der Waals surface area contributed by atoms with Gasteiger partial charge in [0.05, 0.1) is 0 Å². The molecule has 0 unspecified atom stereocenters. The summed E-state index contributed by atoms with van der Waals surface area (Å²) >= 11 is 0. The highest BCUT2D eigenvalue weighted by molar-refractivity contribution is 6.01. The first kappa shape index (κ1) is 13.0. The number of halogens is 1. The first-order valence-electron chi connectivity index (χ1n) is 5.95. The third-order valence-electron chi connectivity index (χ3n) is 2.62. The molecule has 2 aromatic carbocycles. The fraction of sp³-hybridized carbons (Fsp3) is 0.0625. The quantitative estimate of drug-likeness (QED) is 0.831.